The van der Waals surface area contributed by atoms with E-state index in [1.54, 1.807) is 37.4 Å². The maximum atomic E-state index is 6.19. The first-order chi connectivity index (χ1) is 12.1. The van der Waals surface area contributed by atoms with Crippen molar-refractivity contribution in [3.63, 3.8) is 0 Å². The zero-order valence-corrected chi connectivity index (χ0v) is 14.8. The maximum absolute atomic E-state index is 6.19. The Bertz CT molecular complexity index is 904. The van der Waals surface area contributed by atoms with Crippen molar-refractivity contribution in [1.29, 1.82) is 0 Å². The molecule has 0 atom stereocenters. The molecule has 0 radical (unpaired) electrons. The van der Waals surface area contributed by atoms with Crippen molar-refractivity contribution in [1.82, 2.24) is 9.97 Å². The molecule has 1 aromatic heterocycles. The largest absolute Gasteiger partial charge is 0.495 e. The van der Waals surface area contributed by atoms with Crippen molar-refractivity contribution in [2.24, 2.45) is 0 Å². The van der Waals surface area contributed by atoms with E-state index in [0.717, 1.165) is 5.69 Å². The molecule has 2 aromatic carbocycles. The molecule has 3 aromatic rings. The first-order valence-corrected chi connectivity index (χ1v) is 8.06. The monoisotopic (exact) mass is 375 g/mol. The van der Waals surface area contributed by atoms with E-state index in [1.807, 2.05) is 12.1 Å². The van der Waals surface area contributed by atoms with Gasteiger partial charge in [-0.1, -0.05) is 29.3 Å². The first kappa shape index (κ1) is 17.1. The number of nitrogens with zero attached hydrogens (tertiary/aromatic N) is 2. The Morgan fingerprint density at radius 1 is 0.960 bits per heavy atom. The van der Waals surface area contributed by atoms with Gasteiger partial charge in [-0.25, -0.2) is 9.97 Å². The summed E-state index contributed by atoms with van der Waals surface area (Å²) < 4.78 is 5.32. The van der Waals surface area contributed by atoms with E-state index in [2.05, 4.69) is 20.6 Å². The lowest BCUT2D eigenvalue weighted by Crippen LogP contribution is -2.05. The van der Waals surface area contributed by atoms with E-state index in [9.17, 15) is 0 Å². The Morgan fingerprint density at radius 3 is 2.40 bits per heavy atom. The average Bonchev–Trinajstić information content (AvgIpc) is 2.59. The van der Waals surface area contributed by atoms with Crippen molar-refractivity contribution in [3.8, 4) is 5.75 Å². The Kier molecular flexibility index (Phi) is 5.11. The van der Waals surface area contributed by atoms with Gasteiger partial charge in [-0.15, -0.1) is 0 Å². The molecular weight excluding hydrogens is 361 g/mol. The third-order valence-electron chi connectivity index (χ3n) is 3.39. The number of benzene rings is 2. The van der Waals surface area contributed by atoms with E-state index in [4.69, 9.17) is 33.7 Å². The third-order valence-corrected chi connectivity index (χ3v) is 3.86. The summed E-state index contributed by atoms with van der Waals surface area (Å²) >= 11 is 12.0. The first-order valence-electron chi connectivity index (χ1n) is 7.30. The molecule has 3 rings (SSSR count). The number of nitrogens with two attached hydrogens (primary N) is 1. The molecular formula is C17H15Cl2N5O. The number of methoxy groups -OCH3 is 1. The zero-order chi connectivity index (χ0) is 17.8. The van der Waals surface area contributed by atoms with Gasteiger partial charge in [-0.05, 0) is 36.4 Å². The number of nitrogens with one attached hydrogen (secondary N) is 2. The summed E-state index contributed by atoms with van der Waals surface area (Å²) in [6.45, 7) is 0. The van der Waals surface area contributed by atoms with Gasteiger partial charge in [0, 0.05) is 15.7 Å². The molecule has 0 amide bonds. The van der Waals surface area contributed by atoms with Gasteiger partial charge in [0.15, 0.2) is 11.6 Å². The molecule has 0 aliphatic heterocycles. The average molecular weight is 376 g/mol. The standard InChI is InChI=1S/C17H15Cl2N5O/c1-25-14-6-5-11(19)8-13(14)24-17-15(20)16(21-9-22-17)23-12-4-2-3-10(18)7-12/h2-9H,20H2,1H3,(H2,21,22,23,24). The normalized spacial score (nSPS) is 10.4. The predicted molar refractivity (Wildman–Crippen MR) is 102 cm³/mol. The molecule has 6 nitrogen and oxygen atoms in total. The summed E-state index contributed by atoms with van der Waals surface area (Å²) in [4.78, 5) is 8.36. The van der Waals surface area contributed by atoms with Crippen LogP contribution in [0.15, 0.2) is 48.8 Å². The molecule has 0 aliphatic rings. The third kappa shape index (κ3) is 4.04. The second-order valence-corrected chi connectivity index (χ2v) is 5.96. The number of rotatable bonds is 5. The van der Waals surface area contributed by atoms with Gasteiger partial charge in [0.05, 0.1) is 12.8 Å². The lowest BCUT2D eigenvalue weighted by atomic mass is 10.2. The van der Waals surface area contributed by atoms with Crippen LogP contribution < -0.4 is 21.1 Å². The van der Waals surface area contributed by atoms with Crippen LogP contribution in [0, 0.1) is 0 Å². The van der Waals surface area contributed by atoms with Crippen LogP contribution >= 0.6 is 23.2 Å². The Morgan fingerprint density at radius 2 is 1.68 bits per heavy atom. The molecule has 0 fully saturated rings. The summed E-state index contributed by atoms with van der Waals surface area (Å²) in [5.41, 5.74) is 7.96. The van der Waals surface area contributed by atoms with Gasteiger partial charge in [0.2, 0.25) is 0 Å². The van der Waals surface area contributed by atoms with Crippen LogP contribution in [0.1, 0.15) is 0 Å². The highest BCUT2D eigenvalue weighted by Crippen LogP contribution is 2.33. The lowest BCUT2D eigenvalue weighted by Gasteiger charge is -2.14. The van der Waals surface area contributed by atoms with Gasteiger partial charge < -0.3 is 21.1 Å². The minimum atomic E-state index is 0.351. The summed E-state index contributed by atoms with van der Waals surface area (Å²) in [7, 11) is 1.57. The van der Waals surface area contributed by atoms with Crippen LogP contribution in [-0.4, -0.2) is 17.1 Å². The minimum Gasteiger partial charge on any atom is -0.495 e. The maximum Gasteiger partial charge on any atom is 0.159 e. The van der Waals surface area contributed by atoms with Gasteiger partial charge in [-0.3, -0.25) is 0 Å². The molecule has 128 valence electrons. The van der Waals surface area contributed by atoms with Crippen molar-refractivity contribution >= 4 is 51.9 Å². The molecule has 8 heteroatoms. The molecule has 25 heavy (non-hydrogen) atoms. The summed E-state index contributed by atoms with van der Waals surface area (Å²) in [5.74, 6) is 1.51. The second kappa shape index (κ2) is 7.46. The van der Waals surface area contributed by atoms with Gasteiger partial charge in [0.1, 0.15) is 17.8 Å². The SMILES string of the molecule is COc1ccc(Cl)cc1Nc1ncnc(Nc2cccc(Cl)c2)c1N. The minimum absolute atomic E-state index is 0.351. The predicted octanol–water partition coefficient (Wildman–Crippen LogP) is 4.86. The van der Waals surface area contributed by atoms with Crippen molar-refractivity contribution in [3.05, 3.63) is 58.8 Å². The lowest BCUT2D eigenvalue weighted by molar-refractivity contribution is 0.417. The number of hydrogen-bond acceptors (Lipinski definition) is 6. The summed E-state index contributed by atoms with van der Waals surface area (Å²) in [6, 6.07) is 12.5. The molecule has 4 N–H and O–H groups in total. The number of ether oxygens (including phenoxy) is 1. The van der Waals surface area contributed by atoms with E-state index in [0.29, 0.717) is 38.8 Å². The zero-order valence-electron chi connectivity index (χ0n) is 13.3. The quantitative estimate of drug-likeness (QED) is 0.590. The Hall–Kier alpha value is -2.70. The van der Waals surface area contributed by atoms with E-state index >= 15 is 0 Å². The molecule has 0 saturated heterocycles. The smallest absolute Gasteiger partial charge is 0.159 e. The molecule has 0 unspecified atom stereocenters. The van der Waals surface area contributed by atoms with Crippen molar-refractivity contribution < 1.29 is 4.74 Å². The van der Waals surface area contributed by atoms with Gasteiger partial charge in [0.25, 0.3) is 0 Å². The van der Waals surface area contributed by atoms with Crippen LogP contribution in [-0.2, 0) is 0 Å². The van der Waals surface area contributed by atoms with Crippen molar-refractivity contribution in [2.75, 3.05) is 23.5 Å². The second-order valence-electron chi connectivity index (χ2n) is 5.09. The van der Waals surface area contributed by atoms with Crippen LogP contribution in [0.5, 0.6) is 5.75 Å². The van der Waals surface area contributed by atoms with Crippen LogP contribution in [0.25, 0.3) is 0 Å². The molecule has 1 heterocycles. The Balaban J connectivity index is 1.90. The fraction of sp³-hybridized carbons (Fsp3) is 0.0588. The number of anilines is 5. The fourth-order valence-corrected chi connectivity index (χ4v) is 2.57. The topological polar surface area (TPSA) is 85.1 Å². The number of halogens is 2. The summed E-state index contributed by atoms with van der Waals surface area (Å²) in [5, 5.41) is 7.41. The van der Waals surface area contributed by atoms with Crippen LogP contribution in [0.4, 0.5) is 28.7 Å². The summed E-state index contributed by atoms with van der Waals surface area (Å²) in [6.07, 6.45) is 1.41. The molecule has 0 aliphatic carbocycles. The van der Waals surface area contributed by atoms with Gasteiger partial charge in [-0.2, -0.15) is 0 Å². The van der Waals surface area contributed by atoms with Crippen LogP contribution in [0.3, 0.4) is 0 Å². The molecule has 0 spiro atoms. The highest BCUT2D eigenvalue weighted by molar-refractivity contribution is 6.31. The number of hydrogen-bond donors (Lipinski definition) is 3. The fourth-order valence-electron chi connectivity index (χ4n) is 2.20. The van der Waals surface area contributed by atoms with E-state index in [1.165, 1.54) is 6.33 Å². The van der Waals surface area contributed by atoms with E-state index in [-0.39, 0.29) is 0 Å². The molecule has 0 bridgehead atoms. The van der Waals surface area contributed by atoms with E-state index < -0.39 is 0 Å². The Labute approximate surface area is 155 Å². The number of aromatic nitrogens is 2. The molecule has 0 saturated carbocycles. The number of nitrogen functional groups attached to an aromatic ring is 1. The highest BCUT2D eigenvalue weighted by atomic mass is 35.5. The van der Waals surface area contributed by atoms with Crippen molar-refractivity contribution in [2.45, 2.75) is 0 Å². The van der Waals surface area contributed by atoms with Gasteiger partial charge >= 0.3 is 0 Å². The highest BCUT2D eigenvalue weighted by Gasteiger charge is 2.11. The van der Waals surface area contributed by atoms with Crippen LogP contribution in [0.2, 0.25) is 10.0 Å².